The van der Waals surface area contributed by atoms with Gasteiger partial charge in [0.15, 0.2) is 0 Å². The smallest absolute Gasteiger partial charge is 0.127 e. The van der Waals surface area contributed by atoms with Crippen LogP contribution in [-0.2, 0) is 0 Å². The van der Waals surface area contributed by atoms with Gasteiger partial charge >= 0.3 is 0 Å². The molecule has 3 aromatic rings. The molecule has 0 unspecified atom stereocenters. The van der Waals surface area contributed by atoms with Gasteiger partial charge in [-0.25, -0.2) is 0 Å². The summed E-state index contributed by atoms with van der Waals surface area (Å²) in [6.45, 7) is 8.44. The number of aromatic nitrogens is 1. The molecular weight excluding hydrogens is 270 g/mol. The van der Waals surface area contributed by atoms with Gasteiger partial charge in [-0.05, 0) is 87.4 Å². The molecule has 22 heavy (non-hydrogen) atoms. The molecule has 2 aromatic carbocycles. The van der Waals surface area contributed by atoms with Crippen LogP contribution in [0.3, 0.4) is 0 Å². The van der Waals surface area contributed by atoms with Gasteiger partial charge in [0.05, 0.1) is 0 Å². The first-order chi connectivity index (χ1) is 10.5. The normalized spacial score (nSPS) is 10.7. The molecule has 0 aliphatic rings. The van der Waals surface area contributed by atoms with Crippen molar-refractivity contribution < 1.29 is 4.74 Å². The number of ether oxygens (including phenoxy) is 1. The number of rotatable bonds is 3. The molecule has 3 rings (SSSR count). The van der Waals surface area contributed by atoms with Crippen molar-refractivity contribution in [1.29, 1.82) is 0 Å². The van der Waals surface area contributed by atoms with Crippen molar-refractivity contribution in [2.45, 2.75) is 27.7 Å². The van der Waals surface area contributed by atoms with E-state index in [-0.39, 0.29) is 0 Å². The third-order valence-corrected chi connectivity index (χ3v) is 4.08. The van der Waals surface area contributed by atoms with Crippen LogP contribution in [0.15, 0.2) is 54.6 Å². The molecular formula is C20H21NO. The zero-order valence-corrected chi connectivity index (χ0v) is 13.6. The van der Waals surface area contributed by atoms with Crippen molar-refractivity contribution in [3.63, 3.8) is 0 Å². The van der Waals surface area contributed by atoms with Crippen molar-refractivity contribution in [2.75, 3.05) is 0 Å². The van der Waals surface area contributed by atoms with Crippen molar-refractivity contribution in [1.82, 2.24) is 4.57 Å². The number of hydrogen-bond donors (Lipinski definition) is 0. The standard InChI is InChI=1S/C20H21NO/c1-14-5-10-20(13-15(14)2)22-19-11-8-18(9-12-19)21-16(3)6-7-17(21)4/h5-13H,1-4H3. The molecule has 1 heterocycles. The van der Waals surface area contributed by atoms with E-state index in [4.69, 9.17) is 4.74 Å². The van der Waals surface area contributed by atoms with Crippen LogP contribution in [0.25, 0.3) is 5.69 Å². The average Bonchev–Trinajstić information content (AvgIpc) is 2.83. The molecule has 0 aliphatic carbocycles. The highest BCUT2D eigenvalue weighted by molar-refractivity contribution is 5.43. The summed E-state index contributed by atoms with van der Waals surface area (Å²) in [7, 11) is 0. The summed E-state index contributed by atoms with van der Waals surface area (Å²) in [5.41, 5.74) is 6.15. The Labute approximate surface area is 132 Å². The molecule has 2 heteroatoms. The van der Waals surface area contributed by atoms with E-state index in [9.17, 15) is 0 Å². The summed E-state index contributed by atoms with van der Waals surface area (Å²) in [5.74, 6) is 1.73. The van der Waals surface area contributed by atoms with Gasteiger partial charge in [-0.15, -0.1) is 0 Å². The lowest BCUT2D eigenvalue weighted by Crippen LogP contribution is -1.98. The second-order valence-corrected chi connectivity index (χ2v) is 5.79. The summed E-state index contributed by atoms with van der Waals surface area (Å²) in [6.07, 6.45) is 0. The first-order valence-corrected chi connectivity index (χ1v) is 7.55. The van der Waals surface area contributed by atoms with Gasteiger partial charge in [-0.3, -0.25) is 0 Å². The van der Waals surface area contributed by atoms with E-state index in [1.165, 1.54) is 22.5 Å². The maximum atomic E-state index is 5.94. The van der Waals surface area contributed by atoms with Gasteiger partial charge in [-0.2, -0.15) is 0 Å². The lowest BCUT2D eigenvalue weighted by Gasteiger charge is -2.11. The Morgan fingerprint density at radius 2 is 1.23 bits per heavy atom. The molecule has 0 saturated heterocycles. The van der Waals surface area contributed by atoms with Crippen molar-refractivity contribution in [3.05, 3.63) is 77.1 Å². The Balaban J connectivity index is 1.84. The third kappa shape index (κ3) is 2.77. The maximum Gasteiger partial charge on any atom is 0.127 e. The Morgan fingerprint density at radius 1 is 0.636 bits per heavy atom. The van der Waals surface area contributed by atoms with Crippen LogP contribution >= 0.6 is 0 Å². The minimum absolute atomic E-state index is 0.856. The van der Waals surface area contributed by atoms with Crippen LogP contribution < -0.4 is 4.74 Å². The summed E-state index contributed by atoms with van der Waals surface area (Å²) in [4.78, 5) is 0. The first kappa shape index (κ1) is 14.5. The molecule has 2 nitrogen and oxygen atoms in total. The van der Waals surface area contributed by atoms with Crippen molar-refractivity contribution in [2.24, 2.45) is 0 Å². The summed E-state index contributed by atoms with van der Waals surface area (Å²) < 4.78 is 8.17. The van der Waals surface area contributed by atoms with E-state index in [0.29, 0.717) is 0 Å². The van der Waals surface area contributed by atoms with Crippen LogP contribution in [-0.4, -0.2) is 4.57 Å². The molecule has 0 radical (unpaired) electrons. The first-order valence-electron chi connectivity index (χ1n) is 7.55. The molecule has 1 aromatic heterocycles. The van der Waals surface area contributed by atoms with Gasteiger partial charge in [0.25, 0.3) is 0 Å². The highest BCUT2D eigenvalue weighted by atomic mass is 16.5. The van der Waals surface area contributed by atoms with Crippen molar-refractivity contribution >= 4 is 0 Å². The predicted molar refractivity (Wildman–Crippen MR) is 91.2 cm³/mol. The quantitative estimate of drug-likeness (QED) is 0.621. The Kier molecular flexibility index (Phi) is 3.76. The largest absolute Gasteiger partial charge is 0.457 e. The van der Waals surface area contributed by atoms with Crippen LogP contribution in [0.2, 0.25) is 0 Å². The average molecular weight is 291 g/mol. The minimum Gasteiger partial charge on any atom is -0.457 e. The van der Waals surface area contributed by atoms with Crippen molar-refractivity contribution in [3.8, 4) is 17.2 Å². The third-order valence-electron chi connectivity index (χ3n) is 4.08. The van der Waals surface area contributed by atoms with E-state index < -0.39 is 0 Å². The lowest BCUT2D eigenvalue weighted by atomic mass is 10.1. The number of aryl methyl sites for hydroxylation is 4. The minimum atomic E-state index is 0.856. The molecule has 0 atom stereocenters. The molecule has 0 amide bonds. The zero-order valence-electron chi connectivity index (χ0n) is 13.6. The van der Waals surface area contributed by atoms with Crippen LogP contribution in [0.5, 0.6) is 11.5 Å². The number of benzene rings is 2. The Bertz CT molecular complexity index is 778. The maximum absolute atomic E-state index is 5.94. The fraction of sp³-hybridized carbons (Fsp3) is 0.200. The van der Waals surface area contributed by atoms with Gasteiger partial charge in [-0.1, -0.05) is 6.07 Å². The number of hydrogen-bond acceptors (Lipinski definition) is 1. The molecule has 0 aliphatic heterocycles. The fourth-order valence-corrected chi connectivity index (χ4v) is 2.65. The summed E-state index contributed by atoms with van der Waals surface area (Å²) >= 11 is 0. The Morgan fingerprint density at radius 3 is 1.82 bits per heavy atom. The summed E-state index contributed by atoms with van der Waals surface area (Å²) in [6, 6.07) is 18.7. The van der Waals surface area contributed by atoms with Gasteiger partial charge in [0, 0.05) is 17.1 Å². The summed E-state index contributed by atoms with van der Waals surface area (Å²) in [5, 5.41) is 0. The second-order valence-electron chi connectivity index (χ2n) is 5.79. The second kappa shape index (κ2) is 5.72. The monoisotopic (exact) mass is 291 g/mol. The Hall–Kier alpha value is -2.48. The highest BCUT2D eigenvalue weighted by Gasteiger charge is 2.05. The molecule has 0 spiro atoms. The fourth-order valence-electron chi connectivity index (χ4n) is 2.65. The van der Waals surface area contributed by atoms with E-state index in [1.807, 2.05) is 18.2 Å². The molecule has 0 saturated carbocycles. The van der Waals surface area contributed by atoms with E-state index in [0.717, 1.165) is 17.2 Å². The predicted octanol–water partition coefficient (Wildman–Crippen LogP) is 5.50. The van der Waals surface area contributed by atoms with E-state index in [2.05, 4.69) is 68.7 Å². The van der Waals surface area contributed by atoms with E-state index >= 15 is 0 Å². The topological polar surface area (TPSA) is 14.2 Å². The molecule has 0 fully saturated rings. The van der Waals surface area contributed by atoms with Crippen LogP contribution in [0.1, 0.15) is 22.5 Å². The molecule has 0 N–H and O–H groups in total. The van der Waals surface area contributed by atoms with Gasteiger partial charge in [0.1, 0.15) is 11.5 Å². The number of nitrogens with zero attached hydrogens (tertiary/aromatic N) is 1. The zero-order chi connectivity index (χ0) is 15.7. The van der Waals surface area contributed by atoms with Crippen LogP contribution in [0, 0.1) is 27.7 Å². The van der Waals surface area contributed by atoms with Gasteiger partial charge in [0.2, 0.25) is 0 Å². The lowest BCUT2D eigenvalue weighted by molar-refractivity contribution is 0.482. The van der Waals surface area contributed by atoms with Crippen LogP contribution in [0.4, 0.5) is 0 Å². The molecule has 0 bridgehead atoms. The van der Waals surface area contributed by atoms with E-state index in [1.54, 1.807) is 0 Å². The highest BCUT2D eigenvalue weighted by Crippen LogP contribution is 2.25. The molecule has 112 valence electrons. The van der Waals surface area contributed by atoms with Gasteiger partial charge < -0.3 is 9.30 Å². The SMILES string of the molecule is Cc1ccc(Oc2ccc(-n3c(C)ccc3C)cc2)cc1C.